The molecule has 2 heterocycles. The van der Waals surface area contributed by atoms with Crippen molar-refractivity contribution in [1.82, 2.24) is 19.8 Å². The molecule has 1 unspecified atom stereocenters. The molecule has 1 aliphatic rings. The van der Waals surface area contributed by atoms with Gasteiger partial charge in [0.2, 0.25) is 0 Å². The van der Waals surface area contributed by atoms with Gasteiger partial charge in [-0.2, -0.15) is 9.40 Å². The lowest BCUT2D eigenvalue weighted by atomic mass is 10.3. The van der Waals surface area contributed by atoms with E-state index in [2.05, 4.69) is 15.5 Å². The van der Waals surface area contributed by atoms with Crippen LogP contribution in [0.4, 0.5) is 0 Å². The van der Waals surface area contributed by atoms with E-state index < -0.39 is 10.0 Å². The quantitative estimate of drug-likeness (QED) is 0.835. The molecule has 0 amide bonds. The van der Waals surface area contributed by atoms with Crippen molar-refractivity contribution >= 4 is 10.0 Å². The molecule has 0 spiro atoms. The summed E-state index contributed by atoms with van der Waals surface area (Å²) in [5.41, 5.74) is 0.668. The largest absolute Gasteiger partial charge is 0.377 e. The van der Waals surface area contributed by atoms with Gasteiger partial charge in [-0.25, -0.2) is 8.42 Å². The smallest absolute Gasteiger partial charge is 0.260 e. The molecule has 8 heteroatoms. The van der Waals surface area contributed by atoms with E-state index in [1.807, 2.05) is 20.8 Å². The highest BCUT2D eigenvalue weighted by molar-refractivity contribution is 7.89. The minimum atomic E-state index is -3.56. The number of nitrogens with zero attached hydrogens (tertiary/aromatic N) is 2. The number of hydrogen-bond acceptors (Lipinski definition) is 5. The van der Waals surface area contributed by atoms with Crippen LogP contribution in [-0.4, -0.2) is 54.8 Å². The van der Waals surface area contributed by atoms with Gasteiger partial charge >= 0.3 is 0 Å². The van der Waals surface area contributed by atoms with Crippen LogP contribution in [0.15, 0.2) is 11.2 Å². The number of H-pyrrole nitrogens is 1. The summed E-state index contributed by atoms with van der Waals surface area (Å²) < 4.78 is 32.6. The third-order valence-corrected chi connectivity index (χ3v) is 5.27. The SMILES string of the molecule is CC(C)NCc1cn[nH]c1S(=O)(=O)N1CCCOC(C)C1. The molecular weight excluding hydrogens is 292 g/mol. The van der Waals surface area contributed by atoms with Crippen LogP contribution in [-0.2, 0) is 21.3 Å². The van der Waals surface area contributed by atoms with Crippen molar-refractivity contribution in [2.75, 3.05) is 19.7 Å². The van der Waals surface area contributed by atoms with Crippen LogP contribution in [0.5, 0.6) is 0 Å². The maximum absolute atomic E-state index is 12.8. The van der Waals surface area contributed by atoms with Crippen LogP contribution in [0, 0.1) is 0 Å². The maximum Gasteiger partial charge on any atom is 0.260 e. The first-order chi connectivity index (χ1) is 9.91. The monoisotopic (exact) mass is 316 g/mol. The van der Waals surface area contributed by atoms with E-state index in [4.69, 9.17) is 4.74 Å². The molecule has 0 radical (unpaired) electrons. The topological polar surface area (TPSA) is 87.3 Å². The van der Waals surface area contributed by atoms with E-state index in [-0.39, 0.29) is 17.2 Å². The van der Waals surface area contributed by atoms with Gasteiger partial charge in [-0.1, -0.05) is 13.8 Å². The molecule has 7 nitrogen and oxygen atoms in total. The van der Waals surface area contributed by atoms with E-state index in [1.165, 1.54) is 4.31 Å². The lowest BCUT2D eigenvalue weighted by molar-refractivity contribution is 0.0751. The molecule has 1 atom stereocenters. The van der Waals surface area contributed by atoms with Crippen LogP contribution in [0.25, 0.3) is 0 Å². The summed E-state index contributed by atoms with van der Waals surface area (Å²) in [7, 11) is -3.56. The van der Waals surface area contributed by atoms with Crippen molar-refractivity contribution in [2.24, 2.45) is 0 Å². The van der Waals surface area contributed by atoms with Crippen LogP contribution >= 0.6 is 0 Å². The molecule has 0 aliphatic carbocycles. The van der Waals surface area contributed by atoms with Crippen molar-refractivity contribution in [3.63, 3.8) is 0 Å². The summed E-state index contributed by atoms with van der Waals surface area (Å²) in [6.45, 7) is 7.84. The van der Waals surface area contributed by atoms with E-state index in [9.17, 15) is 8.42 Å². The van der Waals surface area contributed by atoms with Gasteiger partial charge in [-0.3, -0.25) is 5.10 Å². The first kappa shape index (κ1) is 16.4. The Morgan fingerprint density at radius 2 is 2.33 bits per heavy atom. The summed E-state index contributed by atoms with van der Waals surface area (Å²) in [4.78, 5) is 0. The fourth-order valence-electron chi connectivity index (χ4n) is 2.27. The predicted octanol–water partition coefficient (Wildman–Crippen LogP) is 0.707. The number of ether oxygens (including phenoxy) is 1. The first-order valence-electron chi connectivity index (χ1n) is 7.28. The van der Waals surface area contributed by atoms with E-state index in [1.54, 1.807) is 6.20 Å². The second kappa shape index (κ2) is 6.87. The average molecular weight is 316 g/mol. The number of aromatic nitrogens is 2. The Morgan fingerprint density at radius 1 is 1.57 bits per heavy atom. The summed E-state index contributed by atoms with van der Waals surface area (Å²) in [6.07, 6.45) is 2.18. The van der Waals surface area contributed by atoms with Crippen molar-refractivity contribution in [3.05, 3.63) is 11.8 Å². The molecule has 2 rings (SSSR count). The number of hydrogen-bond donors (Lipinski definition) is 2. The van der Waals surface area contributed by atoms with Crippen molar-refractivity contribution in [3.8, 4) is 0 Å². The molecule has 21 heavy (non-hydrogen) atoms. The molecule has 0 aromatic carbocycles. The summed E-state index contributed by atoms with van der Waals surface area (Å²) >= 11 is 0. The van der Waals surface area contributed by atoms with Gasteiger partial charge in [0.25, 0.3) is 10.0 Å². The van der Waals surface area contributed by atoms with Crippen LogP contribution < -0.4 is 5.32 Å². The van der Waals surface area contributed by atoms with Crippen molar-refractivity contribution < 1.29 is 13.2 Å². The molecule has 2 N–H and O–H groups in total. The molecular formula is C13H24N4O3S. The van der Waals surface area contributed by atoms with Crippen LogP contribution in [0.2, 0.25) is 0 Å². The van der Waals surface area contributed by atoms with Gasteiger partial charge < -0.3 is 10.1 Å². The molecule has 0 bridgehead atoms. The average Bonchev–Trinajstić information content (AvgIpc) is 2.78. The highest BCUT2D eigenvalue weighted by Crippen LogP contribution is 2.20. The van der Waals surface area contributed by atoms with Crippen molar-refractivity contribution in [1.29, 1.82) is 0 Å². The third-order valence-electron chi connectivity index (χ3n) is 3.39. The Hall–Kier alpha value is -0.960. The summed E-state index contributed by atoms with van der Waals surface area (Å²) in [5.74, 6) is 0. The molecule has 1 aromatic heterocycles. The fraction of sp³-hybridized carbons (Fsp3) is 0.769. The Kier molecular flexibility index (Phi) is 5.37. The predicted molar refractivity (Wildman–Crippen MR) is 79.4 cm³/mol. The number of nitrogens with one attached hydrogen (secondary N) is 2. The minimum Gasteiger partial charge on any atom is -0.377 e. The summed E-state index contributed by atoms with van der Waals surface area (Å²) in [6, 6.07) is 0.280. The molecule has 1 saturated heterocycles. The highest BCUT2D eigenvalue weighted by Gasteiger charge is 2.31. The van der Waals surface area contributed by atoms with Gasteiger partial charge in [-0.05, 0) is 13.3 Å². The standard InChI is InChI=1S/C13H24N4O3S/c1-10(2)14-7-12-8-15-16-13(12)21(18,19)17-5-4-6-20-11(3)9-17/h8,10-11,14H,4-7,9H2,1-3H3,(H,15,16). The second-order valence-corrected chi connectivity index (χ2v) is 7.53. The molecule has 0 saturated carbocycles. The zero-order valence-electron chi connectivity index (χ0n) is 12.8. The molecule has 1 aromatic rings. The number of sulfonamides is 1. The van der Waals surface area contributed by atoms with Crippen LogP contribution in [0.3, 0.4) is 0 Å². The summed E-state index contributed by atoms with van der Waals surface area (Å²) in [5, 5.41) is 9.95. The van der Waals surface area contributed by atoms with Crippen molar-refractivity contribution in [2.45, 2.75) is 50.9 Å². The zero-order valence-corrected chi connectivity index (χ0v) is 13.6. The zero-order chi connectivity index (χ0) is 15.5. The first-order valence-corrected chi connectivity index (χ1v) is 8.72. The maximum atomic E-state index is 12.8. The van der Waals surface area contributed by atoms with Gasteiger partial charge in [-0.15, -0.1) is 0 Å². The highest BCUT2D eigenvalue weighted by atomic mass is 32.2. The molecule has 120 valence electrons. The Balaban J connectivity index is 2.20. The van der Waals surface area contributed by atoms with Gasteiger partial charge in [0.1, 0.15) is 0 Å². The Labute approximate surface area is 126 Å². The lowest BCUT2D eigenvalue weighted by Gasteiger charge is -2.21. The van der Waals surface area contributed by atoms with Gasteiger partial charge in [0.15, 0.2) is 5.03 Å². The molecule has 1 fully saturated rings. The third kappa shape index (κ3) is 4.03. The lowest BCUT2D eigenvalue weighted by Crippen LogP contribution is -2.36. The van der Waals surface area contributed by atoms with Gasteiger partial charge in [0, 0.05) is 37.8 Å². The second-order valence-electron chi connectivity index (χ2n) is 5.66. The number of rotatable bonds is 5. The number of aromatic amines is 1. The van der Waals surface area contributed by atoms with E-state index >= 15 is 0 Å². The Bertz CT molecular complexity index is 556. The Morgan fingerprint density at radius 3 is 3.05 bits per heavy atom. The van der Waals surface area contributed by atoms with Crippen LogP contribution in [0.1, 0.15) is 32.8 Å². The van der Waals surface area contributed by atoms with E-state index in [0.717, 1.165) is 0 Å². The fourth-order valence-corrected chi connectivity index (χ4v) is 3.92. The minimum absolute atomic E-state index is 0.0950. The normalized spacial score (nSPS) is 21.6. The molecule has 1 aliphatic heterocycles. The van der Waals surface area contributed by atoms with Gasteiger partial charge in [0.05, 0.1) is 12.3 Å². The van der Waals surface area contributed by atoms with E-state index in [0.29, 0.717) is 38.2 Å².